The van der Waals surface area contributed by atoms with E-state index in [4.69, 9.17) is 23.2 Å². The molecule has 6 heteroatoms. The molecule has 0 bridgehead atoms. The maximum absolute atomic E-state index is 12.2. The summed E-state index contributed by atoms with van der Waals surface area (Å²) in [7, 11) is 0. The summed E-state index contributed by atoms with van der Waals surface area (Å²) in [4.78, 5) is 0. The highest BCUT2D eigenvalue weighted by Crippen LogP contribution is 2.28. The van der Waals surface area contributed by atoms with Crippen LogP contribution in [0.2, 0.25) is 10.0 Å². The van der Waals surface area contributed by atoms with Crippen LogP contribution >= 0.6 is 23.2 Å². The van der Waals surface area contributed by atoms with Gasteiger partial charge in [0.25, 0.3) is 0 Å². The van der Waals surface area contributed by atoms with Crippen LogP contribution in [-0.2, 0) is 0 Å². The van der Waals surface area contributed by atoms with E-state index in [0.29, 0.717) is 10.0 Å². The minimum atomic E-state index is -2.83. The maximum atomic E-state index is 12.2. The first-order valence-electron chi connectivity index (χ1n) is 6.22. The third kappa shape index (κ3) is 4.48. The molecular weight excluding hydrogens is 319 g/mol. The summed E-state index contributed by atoms with van der Waals surface area (Å²) in [5.74, 6) is 0.130. The van der Waals surface area contributed by atoms with Gasteiger partial charge in [-0.25, -0.2) is 0 Å². The highest BCUT2D eigenvalue weighted by atomic mass is 35.5. The van der Waals surface area contributed by atoms with Gasteiger partial charge in [-0.2, -0.15) is 8.78 Å². The van der Waals surface area contributed by atoms with E-state index in [9.17, 15) is 8.78 Å². The van der Waals surface area contributed by atoms with E-state index in [1.54, 1.807) is 30.3 Å². The second-order valence-corrected chi connectivity index (χ2v) is 5.26. The Morgan fingerprint density at radius 2 is 1.81 bits per heavy atom. The molecule has 112 valence electrons. The molecule has 0 aliphatic carbocycles. The SMILES string of the molecule is CC(Nc1ccc(Cl)c(Cl)c1)c1cccc(OC(F)F)c1. The quantitative estimate of drug-likeness (QED) is 0.751. The van der Waals surface area contributed by atoms with Gasteiger partial charge in [0.2, 0.25) is 0 Å². The summed E-state index contributed by atoms with van der Waals surface area (Å²) in [6.45, 7) is -0.928. The van der Waals surface area contributed by atoms with Gasteiger partial charge in [-0.3, -0.25) is 0 Å². The summed E-state index contributed by atoms with van der Waals surface area (Å²) >= 11 is 11.8. The number of benzene rings is 2. The van der Waals surface area contributed by atoms with Gasteiger partial charge in [-0.05, 0) is 42.8 Å². The molecule has 2 nitrogen and oxygen atoms in total. The average Bonchev–Trinajstić information content (AvgIpc) is 2.42. The summed E-state index contributed by atoms with van der Waals surface area (Å²) in [5.41, 5.74) is 1.61. The number of anilines is 1. The highest BCUT2D eigenvalue weighted by molar-refractivity contribution is 6.42. The van der Waals surface area contributed by atoms with E-state index in [2.05, 4.69) is 10.1 Å². The molecule has 0 spiro atoms. The van der Waals surface area contributed by atoms with Gasteiger partial charge >= 0.3 is 6.61 Å². The zero-order chi connectivity index (χ0) is 15.4. The Kier molecular flexibility index (Phi) is 5.26. The van der Waals surface area contributed by atoms with Crippen molar-refractivity contribution in [3.63, 3.8) is 0 Å². The van der Waals surface area contributed by atoms with E-state index in [1.165, 1.54) is 6.07 Å². The molecule has 2 rings (SSSR count). The van der Waals surface area contributed by atoms with E-state index >= 15 is 0 Å². The Bertz CT molecular complexity index is 622. The molecule has 0 aromatic heterocycles. The van der Waals surface area contributed by atoms with Gasteiger partial charge in [0.1, 0.15) is 5.75 Å². The van der Waals surface area contributed by atoms with Crippen molar-refractivity contribution in [2.24, 2.45) is 0 Å². The number of hydrogen-bond donors (Lipinski definition) is 1. The fourth-order valence-corrected chi connectivity index (χ4v) is 2.18. The molecule has 0 heterocycles. The number of hydrogen-bond acceptors (Lipinski definition) is 2. The highest BCUT2D eigenvalue weighted by Gasteiger charge is 2.10. The number of alkyl halides is 2. The average molecular weight is 332 g/mol. The van der Waals surface area contributed by atoms with E-state index in [0.717, 1.165) is 11.3 Å². The van der Waals surface area contributed by atoms with Crippen LogP contribution in [0.3, 0.4) is 0 Å². The van der Waals surface area contributed by atoms with Crippen molar-refractivity contribution in [2.45, 2.75) is 19.6 Å². The van der Waals surface area contributed by atoms with Gasteiger partial charge < -0.3 is 10.1 Å². The number of rotatable bonds is 5. The molecule has 0 saturated carbocycles. The zero-order valence-corrected chi connectivity index (χ0v) is 12.6. The fraction of sp³-hybridized carbons (Fsp3) is 0.200. The molecular formula is C15H13Cl2F2NO. The van der Waals surface area contributed by atoms with Crippen LogP contribution in [0.1, 0.15) is 18.5 Å². The van der Waals surface area contributed by atoms with Crippen LogP contribution in [0.25, 0.3) is 0 Å². The van der Waals surface area contributed by atoms with Crippen molar-refractivity contribution in [3.05, 3.63) is 58.1 Å². The summed E-state index contributed by atoms with van der Waals surface area (Å²) in [6, 6.07) is 11.6. The third-order valence-corrected chi connectivity index (χ3v) is 3.63. The predicted molar refractivity (Wildman–Crippen MR) is 81.6 cm³/mol. The largest absolute Gasteiger partial charge is 0.435 e. The molecule has 0 aliphatic heterocycles. The Morgan fingerprint density at radius 3 is 2.48 bits per heavy atom. The standard InChI is InChI=1S/C15H13Cl2F2NO/c1-9(20-11-5-6-13(16)14(17)8-11)10-3-2-4-12(7-10)21-15(18)19/h2-9,15,20H,1H3. The molecule has 21 heavy (non-hydrogen) atoms. The third-order valence-electron chi connectivity index (χ3n) is 2.89. The van der Waals surface area contributed by atoms with Gasteiger partial charge in [-0.1, -0.05) is 35.3 Å². The number of ether oxygens (including phenoxy) is 1. The van der Waals surface area contributed by atoms with Crippen LogP contribution in [0.4, 0.5) is 14.5 Å². The second-order valence-electron chi connectivity index (χ2n) is 4.45. The lowest BCUT2D eigenvalue weighted by Crippen LogP contribution is -2.08. The van der Waals surface area contributed by atoms with Crippen molar-refractivity contribution >= 4 is 28.9 Å². The Balaban J connectivity index is 2.12. The minimum Gasteiger partial charge on any atom is -0.435 e. The van der Waals surface area contributed by atoms with Crippen LogP contribution in [0, 0.1) is 0 Å². The van der Waals surface area contributed by atoms with Gasteiger partial charge in [-0.15, -0.1) is 0 Å². The summed E-state index contributed by atoms with van der Waals surface area (Å²) in [6.07, 6.45) is 0. The summed E-state index contributed by atoms with van der Waals surface area (Å²) in [5, 5.41) is 4.14. The molecule has 2 aromatic carbocycles. The molecule has 1 atom stereocenters. The molecule has 0 radical (unpaired) electrons. The lowest BCUT2D eigenvalue weighted by atomic mass is 10.1. The zero-order valence-electron chi connectivity index (χ0n) is 11.1. The number of halogens is 4. The lowest BCUT2D eigenvalue weighted by Gasteiger charge is -2.17. The van der Waals surface area contributed by atoms with Crippen molar-refractivity contribution in [1.82, 2.24) is 0 Å². The normalized spacial score (nSPS) is 12.3. The lowest BCUT2D eigenvalue weighted by molar-refractivity contribution is -0.0498. The molecule has 2 aromatic rings. The van der Waals surface area contributed by atoms with Crippen LogP contribution in [0.5, 0.6) is 5.75 Å². The Morgan fingerprint density at radius 1 is 1.05 bits per heavy atom. The monoisotopic (exact) mass is 331 g/mol. The maximum Gasteiger partial charge on any atom is 0.387 e. The van der Waals surface area contributed by atoms with Crippen molar-refractivity contribution in [2.75, 3.05) is 5.32 Å². The van der Waals surface area contributed by atoms with E-state index in [-0.39, 0.29) is 11.8 Å². The van der Waals surface area contributed by atoms with Crippen LogP contribution in [-0.4, -0.2) is 6.61 Å². The predicted octanol–water partition coefficient (Wildman–Crippen LogP) is 5.77. The fourth-order valence-electron chi connectivity index (χ4n) is 1.88. The Labute approximate surface area is 131 Å². The Hall–Kier alpha value is -1.52. The summed E-state index contributed by atoms with van der Waals surface area (Å²) < 4.78 is 28.8. The molecule has 0 saturated heterocycles. The first-order chi connectivity index (χ1) is 9.95. The first-order valence-corrected chi connectivity index (χ1v) is 6.97. The van der Waals surface area contributed by atoms with Gasteiger partial charge in [0.05, 0.1) is 10.0 Å². The van der Waals surface area contributed by atoms with Crippen molar-refractivity contribution < 1.29 is 13.5 Å². The molecule has 0 fully saturated rings. The van der Waals surface area contributed by atoms with E-state index < -0.39 is 6.61 Å². The van der Waals surface area contributed by atoms with Gasteiger partial charge in [0.15, 0.2) is 0 Å². The molecule has 1 N–H and O–H groups in total. The molecule has 1 unspecified atom stereocenters. The van der Waals surface area contributed by atoms with Crippen molar-refractivity contribution in [3.8, 4) is 5.75 Å². The van der Waals surface area contributed by atoms with Crippen LogP contribution < -0.4 is 10.1 Å². The minimum absolute atomic E-state index is 0.108. The molecule has 0 amide bonds. The van der Waals surface area contributed by atoms with Crippen molar-refractivity contribution in [1.29, 1.82) is 0 Å². The topological polar surface area (TPSA) is 21.3 Å². The second kappa shape index (κ2) is 6.96. The smallest absolute Gasteiger partial charge is 0.387 e. The van der Waals surface area contributed by atoms with E-state index in [1.807, 2.05) is 13.0 Å². The van der Waals surface area contributed by atoms with Crippen LogP contribution in [0.15, 0.2) is 42.5 Å². The van der Waals surface area contributed by atoms with Gasteiger partial charge in [0, 0.05) is 11.7 Å². The number of nitrogens with one attached hydrogen (secondary N) is 1. The molecule has 0 aliphatic rings. The first kappa shape index (κ1) is 15.9.